The third-order valence-electron chi connectivity index (χ3n) is 1.37. The Labute approximate surface area is 90.9 Å². The highest BCUT2D eigenvalue weighted by molar-refractivity contribution is 6.17. The predicted molar refractivity (Wildman–Crippen MR) is 49.8 cm³/mol. The Morgan fingerprint density at radius 1 is 1.33 bits per heavy atom. The van der Waals surface area contributed by atoms with E-state index in [1.807, 2.05) is 0 Å². The Hall–Kier alpha value is -0.490. The summed E-state index contributed by atoms with van der Waals surface area (Å²) in [5.74, 6) is -0.639. The molecule has 3 nitrogen and oxygen atoms in total. The van der Waals surface area contributed by atoms with Crippen molar-refractivity contribution in [1.29, 1.82) is 0 Å². The van der Waals surface area contributed by atoms with Gasteiger partial charge in [0.2, 0.25) is 5.91 Å². The van der Waals surface area contributed by atoms with Gasteiger partial charge < -0.3 is 10.1 Å². The van der Waals surface area contributed by atoms with Crippen molar-refractivity contribution in [3.8, 4) is 0 Å². The SMILES string of the molecule is O=C(CC(F)(F)F)NCCCOCCCl. The third kappa shape index (κ3) is 11.4. The molecule has 0 radical (unpaired) electrons. The molecular formula is C8H13ClF3NO2. The summed E-state index contributed by atoms with van der Waals surface area (Å²) in [6.45, 7) is 0.953. The number of amides is 1. The zero-order valence-electron chi connectivity index (χ0n) is 8.07. The summed E-state index contributed by atoms with van der Waals surface area (Å²) >= 11 is 5.32. The lowest BCUT2D eigenvalue weighted by Gasteiger charge is -2.07. The fourth-order valence-electron chi connectivity index (χ4n) is 0.803. The fraction of sp³-hybridized carbons (Fsp3) is 0.875. The lowest BCUT2D eigenvalue weighted by Crippen LogP contribution is -2.29. The number of rotatable bonds is 7. The Morgan fingerprint density at radius 3 is 2.53 bits per heavy atom. The molecule has 0 saturated heterocycles. The van der Waals surface area contributed by atoms with Crippen LogP contribution in [0.25, 0.3) is 0 Å². The van der Waals surface area contributed by atoms with E-state index < -0.39 is 18.5 Å². The summed E-state index contributed by atoms with van der Waals surface area (Å²) in [7, 11) is 0. The molecule has 0 rings (SSSR count). The largest absolute Gasteiger partial charge is 0.397 e. The topological polar surface area (TPSA) is 38.3 Å². The molecule has 90 valence electrons. The zero-order valence-corrected chi connectivity index (χ0v) is 8.83. The van der Waals surface area contributed by atoms with Crippen LogP contribution in [-0.4, -0.2) is 37.7 Å². The predicted octanol–water partition coefficient (Wildman–Crippen LogP) is 1.70. The monoisotopic (exact) mass is 247 g/mol. The summed E-state index contributed by atoms with van der Waals surface area (Å²) in [4.78, 5) is 10.7. The summed E-state index contributed by atoms with van der Waals surface area (Å²) in [5.41, 5.74) is 0. The van der Waals surface area contributed by atoms with E-state index in [1.165, 1.54) is 0 Å². The first-order chi connectivity index (χ1) is 6.95. The smallest absolute Gasteiger partial charge is 0.380 e. The van der Waals surface area contributed by atoms with Crippen molar-refractivity contribution in [3.63, 3.8) is 0 Å². The molecule has 1 amide bonds. The molecule has 0 spiro atoms. The van der Waals surface area contributed by atoms with E-state index in [-0.39, 0.29) is 6.54 Å². The van der Waals surface area contributed by atoms with Gasteiger partial charge in [0.1, 0.15) is 6.42 Å². The van der Waals surface area contributed by atoms with E-state index >= 15 is 0 Å². The van der Waals surface area contributed by atoms with Crippen LogP contribution in [0.2, 0.25) is 0 Å². The number of nitrogens with one attached hydrogen (secondary N) is 1. The standard InChI is InChI=1S/C8H13ClF3NO2/c9-2-5-15-4-1-3-13-7(14)6-8(10,11)12/h1-6H2,(H,13,14). The van der Waals surface area contributed by atoms with Gasteiger partial charge in [-0.15, -0.1) is 11.6 Å². The maximum absolute atomic E-state index is 11.7. The highest BCUT2D eigenvalue weighted by Crippen LogP contribution is 2.18. The zero-order chi connectivity index (χ0) is 11.7. The van der Waals surface area contributed by atoms with Gasteiger partial charge in [-0.25, -0.2) is 0 Å². The number of hydrogen-bond donors (Lipinski definition) is 1. The van der Waals surface area contributed by atoms with E-state index in [4.69, 9.17) is 16.3 Å². The second kappa shape index (κ2) is 7.76. The highest BCUT2D eigenvalue weighted by atomic mass is 35.5. The first kappa shape index (κ1) is 14.5. The van der Waals surface area contributed by atoms with Gasteiger partial charge in [0.05, 0.1) is 6.61 Å². The summed E-state index contributed by atoms with van der Waals surface area (Å²) < 4.78 is 40.0. The van der Waals surface area contributed by atoms with Gasteiger partial charge in [-0.05, 0) is 6.42 Å². The van der Waals surface area contributed by atoms with Gasteiger partial charge in [0.25, 0.3) is 0 Å². The molecule has 0 atom stereocenters. The number of alkyl halides is 4. The average Bonchev–Trinajstić information content (AvgIpc) is 2.08. The number of carbonyl (C=O) groups is 1. The van der Waals surface area contributed by atoms with Crippen LogP contribution in [0.15, 0.2) is 0 Å². The molecule has 0 saturated carbocycles. The molecule has 0 aliphatic rings. The second-order valence-electron chi connectivity index (χ2n) is 2.80. The molecule has 7 heteroatoms. The van der Waals surface area contributed by atoms with Crippen LogP contribution in [-0.2, 0) is 9.53 Å². The fourth-order valence-corrected chi connectivity index (χ4v) is 0.912. The average molecular weight is 248 g/mol. The first-order valence-electron chi connectivity index (χ1n) is 4.43. The third-order valence-corrected chi connectivity index (χ3v) is 1.52. The van der Waals surface area contributed by atoms with Gasteiger partial charge in [-0.1, -0.05) is 0 Å². The Bertz CT molecular complexity index is 187. The molecule has 15 heavy (non-hydrogen) atoms. The maximum Gasteiger partial charge on any atom is 0.397 e. The molecule has 0 unspecified atom stereocenters. The number of halogens is 4. The Morgan fingerprint density at radius 2 is 2.00 bits per heavy atom. The molecule has 0 heterocycles. The van der Waals surface area contributed by atoms with E-state index in [0.29, 0.717) is 25.5 Å². The van der Waals surface area contributed by atoms with Gasteiger partial charge in [-0.2, -0.15) is 13.2 Å². The van der Waals surface area contributed by atoms with Crippen molar-refractivity contribution in [3.05, 3.63) is 0 Å². The van der Waals surface area contributed by atoms with Crippen LogP contribution in [0, 0.1) is 0 Å². The van der Waals surface area contributed by atoms with E-state index in [0.717, 1.165) is 0 Å². The molecule has 1 N–H and O–H groups in total. The van der Waals surface area contributed by atoms with Crippen LogP contribution in [0.1, 0.15) is 12.8 Å². The minimum absolute atomic E-state index is 0.178. The van der Waals surface area contributed by atoms with E-state index in [1.54, 1.807) is 0 Å². The normalized spacial score (nSPS) is 11.5. The number of ether oxygens (including phenoxy) is 1. The van der Waals surface area contributed by atoms with Gasteiger partial charge in [-0.3, -0.25) is 4.79 Å². The molecule has 0 aromatic heterocycles. The highest BCUT2D eigenvalue weighted by Gasteiger charge is 2.30. The Balaban J connectivity index is 3.32. The quantitative estimate of drug-likeness (QED) is 0.549. The van der Waals surface area contributed by atoms with E-state index in [9.17, 15) is 18.0 Å². The van der Waals surface area contributed by atoms with Crippen molar-refractivity contribution >= 4 is 17.5 Å². The van der Waals surface area contributed by atoms with Crippen LogP contribution in [0.4, 0.5) is 13.2 Å². The van der Waals surface area contributed by atoms with Crippen LogP contribution < -0.4 is 5.32 Å². The van der Waals surface area contributed by atoms with Crippen LogP contribution in [0.3, 0.4) is 0 Å². The van der Waals surface area contributed by atoms with Crippen molar-refractivity contribution in [2.75, 3.05) is 25.6 Å². The molecule has 0 aliphatic heterocycles. The van der Waals surface area contributed by atoms with Crippen molar-refractivity contribution in [2.24, 2.45) is 0 Å². The van der Waals surface area contributed by atoms with Crippen molar-refractivity contribution < 1.29 is 22.7 Å². The van der Waals surface area contributed by atoms with Gasteiger partial charge in [0, 0.05) is 19.0 Å². The Kier molecular flexibility index (Phi) is 7.50. The number of carbonyl (C=O) groups excluding carboxylic acids is 1. The lowest BCUT2D eigenvalue weighted by molar-refractivity contribution is -0.153. The molecule has 0 bridgehead atoms. The summed E-state index contributed by atoms with van der Waals surface area (Å²) in [6, 6.07) is 0. The van der Waals surface area contributed by atoms with Crippen LogP contribution in [0.5, 0.6) is 0 Å². The van der Waals surface area contributed by atoms with Gasteiger partial charge >= 0.3 is 6.18 Å². The minimum Gasteiger partial charge on any atom is -0.380 e. The van der Waals surface area contributed by atoms with Gasteiger partial charge in [0.15, 0.2) is 0 Å². The van der Waals surface area contributed by atoms with Crippen molar-refractivity contribution in [1.82, 2.24) is 5.32 Å². The number of hydrogen-bond acceptors (Lipinski definition) is 2. The summed E-state index contributed by atoms with van der Waals surface area (Å²) in [5, 5.41) is 2.14. The molecule has 0 aromatic carbocycles. The molecule has 0 aliphatic carbocycles. The molecule has 0 aromatic rings. The molecule has 0 fully saturated rings. The maximum atomic E-state index is 11.7. The first-order valence-corrected chi connectivity index (χ1v) is 4.96. The minimum atomic E-state index is -4.45. The van der Waals surface area contributed by atoms with Crippen LogP contribution >= 0.6 is 11.6 Å². The van der Waals surface area contributed by atoms with E-state index in [2.05, 4.69) is 5.32 Å². The second-order valence-corrected chi connectivity index (χ2v) is 3.17. The van der Waals surface area contributed by atoms with Crippen molar-refractivity contribution in [2.45, 2.75) is 19.0 Å². The lowest BCUT2D eigenvalue weighted by atomic mass is 10.3. The summed E-state index contributed by atoms with van der Waals surface area (Å²) in [6.07, 6.45) is -5.41. The molecular weight excluding hydrogens is 235 g/mol.